The minimum Gasteiger partial charge on any atom is -0.356 e. The largest absolute Gasteiger partial charge is 0.356 e. The summed E-state index contributed by atoms with van der Waals surface area (Å²) in [6.45, 7) is 2.74. The zero-order valence-electron chi connectivity index (χ0n) is 12.7. The number of hydrogen-bond donors (Lipinski definition) is 2. The van der Waals surface area contributed by atoms with Gasteiger partial charge in [-0.2, -0.15) is 0 Å². The lowest BCUT2D eigenvalue weighted by molar-refractivity contribution is -0.126. The van der Waals surface area contributed by atoms with Gasteiger partial charge in [-0.25, -0.2) is 0 Å². The molecule has 2 unspecified atom stereocenters. The van der Waals surface area contributed by atoms with Crippen LogP contribution in [0.25, 0.3) is 0 Å². The predicted octanol–water partition coefficient (Wildman–Crippen LogP) is 2.62. The fourth-order valence-corrected chi connectivity index (χ4v) is 2.91. The fourth-order valence-electron chi connectivity index (χ4n) is 2.40. The molecule has 1 fully saturated rings. The lowest BCUT2D eigenvalue weighted by Gasteiger charge is -2.17. The Kier molecular flexibility index (Phi) is 7.61. The standard InChI is InChI=1S/C15H19Cl2N3O2.ClH/c1-9(18)2-3-19-15(22)10-4-14(21)20(8-10)13-6-11(16)5-12(17)7-13;/h5-7,9-10H,2-4,8,18H2,1H3,(H,19,22);1H. The summed E-state index contributed by atoms with van der Waals surface area (Å²) >= 11 is 11.9. The summed E-state index contributed by atoms with van der Waals surface area (Å²) in [5.41, 5.74) is 6.26. The van der Waals surface area contributed by atoms with E-state index in [1.165, 1.54) is 0 Å². The van der Waals surface area contributed by atoms with Crippen LogP contribution in [0.15, 0.2) is 18.2 Å². The number of hydrogen-bond acceptors (Lipinski definition) is 3. The summed E-state index contributed by atoms with van der Waals surface area (Å²) < 4.78 is 0. The second-order valence-corrected chi connectivity index (χ2v) is 6.46. The first kappa shape index (κ1) is 20.0. The van der Waals surface area contributed by atoms with E-state index in [2.05, 4.69) is 5.32 Å². The van der Waals surface area contributed by atoms with Gasteiger partial charge in [-0.05, 0) is 31.5 Å². The number of amides is 2. The molecule has 1 aromatic rings. The highest BCUT2D eigenvalue weighted by molar-refractivity contribution is 6.35. The zero-order chi connectivity index (χ0) is 16.3. The number of halogens is 3. The van der Waals surface area contributed by atoms with Crippen molar-refractivity contribution in [2.75, 3.05) is 18.0 Å². The highest BCUT2D eigenvalue weighted by atomic mass is 35.5. The lowest BCUT2D eigenvalue weighted by atomic mass is 10.1. The van der Waals surface area contributed by atoms with Crippen LogP contribution in [-0.4, -0.2) is 30.9 Å². The van der Waals surface area contributed by atoms with Crippen molar-refractivity contribution in [3.63, 3.8) is 0 Å². The van der Waals surface area contributed by atoms with E-state index in [0.29, 0.717) is 35.2 Å². The lowest BCUT2D eigenvalue weighted by Crippen LogP contribution is -2.35. The van der Waals surface area contributed by atoms with Gasteiger partial charge in [0.25, 0.3) is 0 Å². The third-order valence-corrected chi connectivity index (χ3v) is 3.99. The molecule has 3 N–H and O–H groups in total. The highest BCUT2D eigenvalue weighted by Gasteiger charge is 2.35. The van der Waals surface area contributed by atoms with E-state index in [1.54, 1.807) is 23.1 Å². The average molecular weight is 381 g/mol. The maximum atomic E-state index is 12.1. The van der Waals surface area contributed by atoms with E-state index in [4.69, 9.17) is 28.9 Å². The molecule has 0 bridgehead atoms. The van der Waals surface area contributed by atoms with E-state index < -0.39 is 0 Å². The zero-order valence-corrected chi connectivity index (χ0v) is 15.0. The minimum atomic E-state index is -0.363. The van der Waals surface area contributed by atoms with Gasteiger partial charge < -0.3 is 16.0 Å². The highest BCUT2D eigenvalue weighted by Crippen LogP contribution is 2.30. The first-order valence-electron chi connectivity index (χ1n) is 7.16. The van der Waals surface area contributed by atoms with Gasteiger partial charge in [-0.1, -0.05) is 23.2 Å². The van der Waals surface area contributed by atoms with Crippen LogP contribution < -0.4 is 16.0 Å². The van der Waals surface area contributed by atoms with Crippen LogP contribution >= 0.6 is 35.6 Å². The predicted molar refractivity (Wildman–Crippen MR) is 95.4 cm³/mol. The smallest absolute Gasteiger partial charge is 0.227 e. The number of nitrogens with two attached hydrogens (primary N) is 1. The van der Waals surface area contributed by atoms with Gasteiger partial charge in [0, 0.05) is 41.3 Å². The molecule has 1 saturated heterocycles. The molecule has 5 nitrogen and oxygen atoms in total. The number of nitrogens with zero attached hydrogens (tertiary/aromatic N) is 1. The average Bonchev–Trinajstić information content (AvgIpc) is 2.79. The summed E-state index contributed by atoms with van der Waals surface area (Å²) in [5.74, 6) is -0.589. The third-order valence-electron chi connectivity index (χ3n) is 3.55. The third kappa shape index (κ3) is 5.53. The van der Waals surface area contributed by atoms with Crippen LogP contribution in [0.4, 0.5) is 5.69 Å². The normalized spacial score (nSPS) is 18.5. The van der Waals surface area contributed by atoms with E-state index in [-0.39, 0.29) is 42.6 Å². The van der Waals surface area contributed by atoms with E-state index in [0.717, 1.165) is 0 Å². The Morgan fingerprint density at radius 1 is 1.39 bits per heavy atom. The van der Waals surface area contributed by atoms with Crippen LogP contribution in [0.5, 0.6) is 0 Å². The molecule has 23 heavy (non-hydrogen) atoms. The van der Waals surface area contributed by atoms with Crippen molar-refractivity contribution >= 4 is 53.1 Å². The number of anilines is 1. The number of rotatable bonds is 5. The molecular formula is C15H20Cl3N3O2. The molecule has 0 aliphatic carbocycles. The SMILES string of the molecule is CC(N)CCNC(=O)C1CC(=O)N(c2cc(Cl)cc(Cl)c2)C1.Cl. The molecule has 2 rings (SSSR count). The summed E-state index contributed by atoms with van der Waals surface area (Å²) in [7, 11) is 0. The van der Waals surface area contributed by atoms with E-state index in [1.807, 2.05) is 6.92 Å². The van der Waals surface area contributed by atoms with Crippen LogP contribution in [0.1, 0.15) is 19.8 Å². The Bertz CT molecular complexity index is 561. The maximum absolute atomic E-state index is 12.1. The molecule has 0 radical (unpaired) electrons. The van der Waals surface area contributed by atoms with Crippen LogP contribution in [0, 0.1) is 5.92 Å². The molecule has 128 valence electrons. The molecule has 8 heteroatoms. The Morgan fingerprint density at radius 3 is 2.57 bits per heavy atom. The molecule has 1 heterocycles. The van der Waals surface area contributed by atoms with Crippen LogP contribution in [0.2, 0.25) is 10.0 Å². The van der Waals surface area contributed by atoms with Gasteiger partial charge >= 0.3 is 0 Å². The van der Waals surface area contributed by atoms with Crippen molar-refractivity contribution in [3.8, 4) is 0 Å². The molecule has 0 spiro atoms. The van der Waals surface area contributed by atoms with Gasteiger partial charge in [-0.15, -0.1) is 12.4 Å². The van der Waals surface area contributed by atoms with Crippen molar-refractivity contribution in [1.29, 1.82) is 0 Å². The quantitative estimate of drug-likeness (QED) is 0.824. The van der Waals surface area contributed by atoms with Crippen molar-refractivity contribution in [3.05, 3.63) is 28.2 Å². The molecular weight excluding hydrogens is 361 g/mol. The summed E-state index contributed by atoms with van der Waals surface area (Å²) in [6, 6.07) is 4.98. The Labute approximate surface area is 151 Å². The Morgan fingerprint density at radius 2 is 2.00 bits per heavy atom. The molecule has 1 aromatic carbocycles. The molecule has 0 saturated carbocycles. The first-order valence-corrected chi connectivity index (χ1v) is 7.92. The molecule has 0 aromatic heterocycles. The van der Waals surface area contributed by atoms with Gasteiger partial charge in [0.2, 0.25) is 11.8 Å². The van der Waals surface area contributed by atoms with E-state index in [9.17, 15) is 9.59 Å². The van der Waals surface area contributed by atoms with Crippen molar-refractivity contribution in [1.82, 2.24) is 5.32 Å². The van der Waals surface area contributed by atoms with Crippen LogP contribution in [-0.2, 0) is 9.59 Å². The van der Waals surface area contributed by atoms with Gasteiger partial charge in [0.05, 0.1) is 5.92 Å². The number of carbonyl (C=O) groups excluding carboxylic acids is 2. The van der Waals surface area contributed by atoms with Gasteiger partial charge in [-0.3, -0.25) is 9.59 Å². The number of benzene rings is 1. The van der Waals surface area contributed by atoms with Gasteiger partial charge in [0.15, 0.2) is 0 Å². The fraction of sp³-hybridized carbons (Fsp3) is 0.467. The first-order chi connectivity index (χ1) is 10.4. The second-order valence-electron chi connectivity index (χ2n) is 5.59. The molecule has 2 amide bonds. The van der Waals surface area contributed by atoms with Crippen LogP contribution in [0.3, 0.4) is 0 Å². The van der Waals surface area contributed by atoms with Crippen molar-refractivity contribution in [2.45, 2.75) is 25.8 Å². The molecule has 1 aliphatic heterocycles. The van der Waals surface area contributed by atoms with Crippen molar-refractivity contribution < 1.29 is 9.59 Å². The Balaban J connectivity index is 0.00000264. The molecule has 1 aliphatic rings. The number of carbonyl (C=O) groups is 2. The summed E-state index contributed by atoms with van der Waals surface area (Å²) in [5, 5.41) is 3.74. The topological polar surface area (TPSA) is 75.4 Å². The maximum Gasteiger partial charge on any atom is 0.227 e. The minimum absolute atomic E-state index is 0. The monoisotopic (exact) mass is 379 g/mol. The second kappa shape index (κ2) is 8.73. The summed E-state index contributed by atoms with van der Waals surface area (Å²) in [4.78, 5) is 25.8. The summed E-state index contributed by atoms with van der Waals surface area (Å²) in [6.07, 6.45) is 0.897. The van der Waals surface area contributed by atoms with Gasteiger partial charge in [0.1, 0.15) is 0 Å². The number of nitrogens with one attached hydrogen (secondary N) is 1. The Hall–Kier alpha value is -1.01. The van der Waals surface area contributed by atoms with Crippen molar-refractivity contribution in [2.24, 2.45) is 11.7 Å². The van der Waals surface area contributed by atoms with E-state index >= 15 is 0 Å². The molecule has 2 atom stereocenters.